The number of quaternary nitrogens is 1. The molecule has 0 spiro atoms. The number of halogens is 3. The summed E-state index contributed by atoms with van der Waals surface area (Å²) < 4.78 is 39.6. The van der Waals surface area contributed by atoms with Crippen molar-refractivity contribution in [2.45, 2.75) is 30.0 Å². The van der Waals surface area contributed by atoms with E-state index in [-0.39, 0.29) is 24.3 Å². The van der Waals surface area contributed by atoms with E-state index >= 15 is 0 Å². The number of amides is 2. The molecule has 1 aliphatic heterocycles. The van der Waals surface area contributed by atoms with Gasteiger partial charge in [0.1, 0.15) is 0 Å². The molecule has 0 bridgehead atoms. The third-order valence-electron chi connectivity index (χ3n) is 5.44. The number of thioether (sulfide) groups is 1. The summed E-state index contributed by atoms with van der Waals surface area (Å²) in [6, 6.07) is 10.6. The average molecular weight is 444 g/mol. The van der Waals surface area contributed by atoms with E-state index in [1.54, 1.807) is 18.2 Å². The quantitative estimate of drug-likeness (QED) is 0.722. The average Bonchev–Trinajstić information content (AvgIpc) is 3.13. The molecule has 2 aromatic carbocycles. The summed E-state index contributed by atoms with van der Waals surface area (Å²) in [6.07, 6.45) is -2.22. The third-order valence-corrected chi connectivity index (χ3v) is 6.23. The standard InChI is InChI=1S/C22H16F3N3O2S/c1-31-18-9-12(11-26)5-6-15(18)20-19-16(7-8-17(19)29)28(21(30)27-20)14-4-2-3-13(10-14)22(23,24)25/h2-6,9-10,20H,7-8H2,1H3,(H,27,30)/p+1. The van der Waals surface area contributed by atoms with Crippen LogP contribution in [-0.4, -0.2) is 18.1 Å². The van der Waals surface area contributed by atoms with Crippen LogP contribution in [0.1, 0.15) is 35.6 Å². The number of hydrogen-bond donors (Lipinski definition) is 1. The van der Waals surface area contributed by atoms with Crippen molar-refractivity contribution in [3.63, 3.8) is 0 Å². The minimum atomic E-state index is -4.54. The van der Waals surface area contributed by atoms with Gasteiger partial charge in [-0.25, -0.2) is 9.69 Å². The number of Topliss-reactive ketones (excluding diaryl/α,β-unsaturated/α-hetero) is 1. The number of anilines is 1. The molecule has 1 heterocycles. The first-order valence-corrected chi connectivity index (χ1v) is 10.7. The molecule has 2 amide bonds. The summed E-state index contributed by atoms with van der Waals surface area (Å²) in [4.78, 5) is 27.9. The Bertz CT molecular complexity index is 1170. The number of hydrogen-bond acceptors (Lipinski definition) is 4. The van der Waals surface area contributed by atoms with Gasteiger partial charge in [-0.1, -0.05) is 12.1 Å². The highest BCUT2D eigenvalue weighted by Crippen LogP contribution is 2.41. The lowest BCUT2D eigenvalue weighted by Crippen LogP contribution is -2.93. The molecule has 1 atom stereocenters. The Kier molecular flexibility index (Phi) is 5.37. The lowest BCUT2D eigenvalue weighted by atomic mass is 9.94. The number of urea groups is 1. The number of carbonyl (C=O) groups is 2. The summed E-state index contributed by atoms with van der Waals surface area (Å²) in [5.74, 6) is -0.128. The van der Waals surface area contributed by atoms with Crippen molar-refractivity contribution in [3.8, 4) is 6.07 Å². The van der Waals surface area contributed by atoms with Crippen LogP contribution in [0.25, 0.3) is 0 Å². The molecule has 0 saturated carbocycles. The molecule has 0 aromatic heterocycles. The Balaban J connectivity index is 1.84. The Hall–Kier alpha value is -3.09. The highest BCUT2D eigenvalue weighted by molar-refractivity contribution is 7.98. The lowest BCUT2D eigenvalue weighted by Gasteiger charge is -2.31. The van der Waals surface area contributed by atoms with Gasteiger partial charge in [-0.05, 0) is 43.0 Å². The highest BCUT2D eigenvalue weighted by atomic mass is 32.2. The van der Waals surface area contributed by atoms with E-state index in [1.807, 2.05) is 6.26 Å². The van der Waals surface area contributed by atoms with Crippen molar-refractivity contribution in [2.24, 2.45) is 0 Å². The van der Waals surface area contributed by atoms with E-state index in [0.717, 1.165) is 22.6 Å². The predicted octanol–water partition coefficient (Wildman–Crippen LogP) is 4.16. The van der Waals surface area contributed by atoms with E-state index in [9.17, 15) is 22.8 Å². The molecule has 4 rings (SSSR count). The highest BCUT2D eigenvalue weighted by Gasteiger charge is 2.45. The first-order valence-electron chi connectivity index (χ1n) is 9.45. The Morgan fingerprint density at radius 1 is 1.16 bits per heavy atom. The van der Waals surface area contributed by atoms with Gasteiger partial charge >= 0.3 is 12.2 Å². The van der Waals surface area contributed by atoms with Crippen molar-refractivity contribution < 1.29 is 28.1 Å². The SMILES string of the molecule is CSc1cc(C#N)ccc1C1[NH2+]C(=O)N(c2cccc(C(F)(F)F)c2)C2=C1C(=O)CC2. The third kappa shape index (κ3) is 3.73. The molecule has 2 N–H and O–H groups in total. The zero-order valence-electron chi connectivity index (χ0n) is 16.4. The topological polar surface area (TPSA) is 77.8 Å². The molecular weight excluding hydrogens is 427 g/mol. The van der Waals surface area contributed by atoms with E-state index in [2.05, 4.69) is 6.07 Å². The van der Waals surface area contributed by atoms with E-state index in [0.29, 0.717) is 16.8 Å². The van der Waals surface area contributed by atoms with Crippen LogP contribution >= 0.6 is 11.8 Å². The molecule has 0 fully saturated rings. The number of nitrogens with two attached hydrogens (primary N) is 1. The Morgan fingerprint density at radius 3 is 2.61 bits per heavy atom. The first kappa shape index (κ1) is 21.2. The van der Waals surface area contributed by atoms with Crippen LogP contribution in [0.3, 0.4) is 0 Å². The van der Waals surface area contributed by atoms with Gasteiger partial charge in [-0.2, -0.15) is 18.4 Å². The molecule has 0 saturated heterocycles. The number of carbonyl (C=O) groups excluding carboxylic acids is 2. The van der Waals surface area contributed by atoms with Gasteiger partial charge in [0.25, 0.3) is 0 Å². The summed E-state index contributed by atoms with van der Waals surface area (Å²) in [7, 11) is 0. The second kappa shape index (κ2) is 7.87. The van der Waals surface area contributed by atoms with E-state index < -0.39 is 23.8 Å². The van der Waals surface area contributed by atoms with Crippen LogP contribution in [0.15, 0.2) is 58.6 Å². The molecule has 1 aliphatic carbocycles. The second-order valence-corrected chi connectivity index (χ2v) is 8.07. The molecule has 1 unspecified atom stereocenters. The summed E-state index contributed by atoms with van der Waals surface area (Å²) in [5.41, 5.74) is 1.29. The van der Waals surface area contributed by atoms with E-state index in [4.69, 9.17) is 5.26 Å². The number of ketones is 1. The van der Waals surface area contributed by atoms with Gasteiger partial charge in [0.2, 0.25) is 0 Å². The smallest absolute Gasteiger partial charge is 0.294 e. The normalized spacial score (nSPS) is 18.9. The molecule has 9 heteroatoms. The van der Waals surface area contributed by atoms with Gasteiger partial charge in [0.05, 0.1) is 28.5 Å². The van der Waals surface area contributed by atoms with Crippen molar-refractivity contribution >= 4 is 29.3 Å². The largest absolute Gasteiger partial charge is 0.425 e. The molecule has 2 aliphatic rings. The molecule has 2 aromatic rings. The van der Waals surface area contributed by atoms with Gasteiger partial charge < -0.3 is 0 Å². The zero-order chi connectivity index (χ0) is 22.3. The number of primary amides is 1. The fraction of sp³-hybridized carbons (Fsp3) is 0.227. The maximum Gasteiger partial charge on any atom is 0.425 e. The van der Waals surface area contributed by atoms with Crippen molar-refractivity contribution in [2.75, 3.05) is 11.2 Å². The van der Waals surface area contributed by atoms with Gasteiger partial charge in [0.15, 0.2) is 11.8 Å². The second-order valence-electron chi connectivity index (χ2n) is 7.22. The van der Waals surface area contributed by atoms with Crippen molar-refractivity contribution in [1.29, 1.82) is 5.26 Å². The van der Waals surface area contributed by atoms with Crippen LogP contribution in [0.4, 0.5) is 23.7 Å². The number of benzene rings is 2. The number of alkyl halides is 3. The fourth-order valence-corrected chi connectivity index (χ4v) is 4.74. The van der Waals surface area contributed by atoms with Crippen LogP contribution < -0.4 is 10.2 Å². The number of nitriles is 1. The van der Waals surface area contributed by atoms with E-state index in [1.165, 1.54) is 34.1 Å². The minimum absolute atomic E-state index is 0.0849. The summed E-state index contributed by atoms with van der Waals surface area (Å²) in [6.45, 7) is 0. The van der Waals surface area contributed by atoms with Crippen LogP contribution in [0.2, 0.25) is 0 Å². The Morgan fingerprint density at radius 2 is 1.94 bits per heavy atom. The van der Waals surface area contributed by atoms with Crippen molar-refractivity contribution in [1.82, 2.24) is 0 Å². The molecule has 158 valence electrons. The monoisotopic (exact) mass is 444 g/mol. The molecular formula is C22H17F3N3O2S+. The fourth-order valence-electron chi connectivity index (χ4n) is 4.07. The Labute approximate surface area is 180 Å². The van der Waals surface area contributed by atoms with Crippen molar-refractivity contribution in [3.05, 3.63) is 70.4 Å². The van der Waals surface area contributed by atoms with Crippen LogP contribution in [-0.2, 0) is 11.0 Å². The van der Waals surface area contributed by atoms with Crippen LogP contribution in [0.5, 0.6) is 0 Å². The van der Waals surface area contributed by atoms with Crippen LogP contribution in [0, 0.1) is 11.3 Å². The lowest BCUT2D eigenvalue weighted by molar-refractivity contribution is -0.592. The number of allylic oxidation sites excluding steroid dienone is 1. The zero-order valence-corrected chi connectivity index (χ0v) is 17.2. The maximum absolute atomic E-state index is 13.2. The minimum Gasteiger partial charge on any atom is -0.294 e. The maximum atomic E-state index is 13.2. The predicted molar refractivity (Wildman–Crippen MR) is 108 cm³/mol. The van der Waals surface area contributed by atoms with Gasteiger partial charge in [0, 0.05) is 22.6 Å². The van der Waals surface area contributed by atoms with Gasteiger partial charge in [-0.15, -0.1) is 11.8 Å². The molecule has 5 nitrogen and oxygen atoms in total. The summed E-state index contributed by atoms with van der Waals surface area (Å²) in [5, 5.41) is 10.5. The number of nitrogens with zero attached hydrogens (tertiary/aromatic N) is 2. The number of rotatable bonds is 3. The molecule has 31 heavy (non-hydrogen) atoms. The first-order chi connectivity index (χ1) is 14.7. The van der Waals surface area contributed by atoms with Gasteiger partial charge in [-0.3, -0.25) is 10.1 Å². The molecule has 0 radical (unpaired) electrons. The summed E-state index contributed by atoms with van der Waals surface area (Å²) >= 11 is 1.40.